The van der Waals surface area contributed by atoms with E-state index in [9.17, 15) is 0 Å². The molecule has 0 aliphatic heterocycles. The van der Waals surface area contributed by atoms with Crippen LogP contribution in [-0.2, 0) is 0 Å². The van der Waals surface area contributed by atoms with Crippen LogP contribution in [-0.4, -0.2) is 9.97 Å². The van der Waals surface area contributed by atoms with Gasteiger partial charge in [0.25, 0.3) is 5.22 Å². The highest BCUT2D eigenvalue weighted by Gasteiger charge is 2.09. The van der Waals surface area contributed by atoms with Crippen LogP contribution in [0.1, 0.15) is 5.69 Å². The molecule has 3 rings (SSSR count). The summed E-state index contributed by atoms with van der Waals surface area (Å²) in [6.07, 6.45) is 5.17. The molecular formula is C13H11N3OS. The molecule has 0 saturated heterocycles. The number of oxazole rings is 1. The molecule has 1 aromatic carbocycles. The predicted molar refractivity (Wildman–Crippen MR) is 71.5 cm³/mol. The highest BCUT2D eigenvalue weighted by Crippen LogP contribution is 2.35. The summed E-state index contributed by atoms with van der Waals surface area (Å²) in [6.45, 7) is 1.89. The van der Waals surface area contributed by atoms with Crippen LogP contribution in [0.5, 0.6) is 0 Å². The number of aryl methyl sites for hydroxylation is 1. The molecule has 5 heteroatoms. The van der Waals surface area contributed by atoms with Crippen LogP contribution in [0, 0.1) is 6.92 Å². The van der Waals surface area contributed by atoms with Gasteiger partial charge < -0.3 is 10.2 Å². The van der Waals surface area contributed by atoms with E-state index < -0.39 is 0 Å². The molecule has 2 heterocycles. The number of nitrogens with zero attached hydrogens (tertiary/aromatic N) is 2. The van der Waals surface area contributed by atoms with E-state index in [1.54, 1.807) is 18.7 Å². The highest BCUT2D eigenvalue weighted by molar-refractivity contribution is 7.99. The Morgan fingerprint density at radius 3 is 2.94 bits per heavy atom. The third-order valence-corrected chi connectivity index (χ3v) is 3.56. The molecule has 2 aromatic heterocycles. The lowest BCUT2D eigenvalue weighted by Crippen LogP contribution is -1.91. The molecule has 0 atom stereocenters. The predicted octanol–water partition coefficient (Wildman–Crippen LogP) is 3.26. The minimum atomic E-state index is 0.604. The molecule has 0 bridgehead atoms. The van der Waals surface area contributed by atoms with Gasteiger partial charge in [0.15, 0.2) is 0 Å². The minimum absolute atomic E-state index is 0.604. The smallest absolute Gasteiger partial charge is 0.260 e. The number of benzene rings is 1. The first-order chi connectivity index (χ1) is 8.74. The number of nitrogen functional groups attached to an aromatic ring is 1. The second kappa shape index (κ2) is 4.34. The lowest BCUT2D eigenvalue weighted by atomic mass is 10.1. The van der Waals surface area contributed by atoms with Crippen LogP contribution in [0.15, 0.2) is 51.4 Å². The SMILES string of the molecule is Cc1coc(Sc2ccc3cnccc3c2N)n1. The standard InChI is InChI=1S/C13H11N3OS/c1-8-7-17-13(16-8)18-11-3-2-9-6-15-5-4-10(9)12(11)14/h2-7H,14H2,1H3. The van der Waals surface area contributed by atoms with Crippen LogP contribution in [0.3, 0.4) is 0 Å². The minimum Gasteiger partial charge on any atom is -0.439 e. The second-order valence-electron chi connectivity index (χ2n) is 3.93. The molecule has 3 aromatic rings. The highest BCUT2D eigenvalue weighted by atomic mass is 32.2. The van der Waals surface area contributed by atoms with Gasteiger partial charge in [0, 0.05) is 28.1 Å². The molecule has 2 N–H and O–H groups in total. The number of anilines is 1. The number of hydrogen-bond donors (Lipinski definition) is 1. The Kier molecular flexibility index (Phi) is 2.68. The lowest BCUT2D eigenvalue weighted by Gasteiger charge is -2.06. The normalized spacial score (nSPS) is 10.9. The number of pyridine rings is 1. The first-order valence-corrected chi connectivity index (χ1v) is 6.28. The van der Waals surface area contributed by atoms with Gasteiger partial charge in [0.05, 0.1) is 11.4 Å². The zero-order valence-electron chi connectivity index (χ0n) is 9.75. The van der Waals surface area contributed by atoms with Crippen molar-refractivity contribution in [3.05, 3.63) is 42.5 Å². The van der Waals surface area contributed by atoms with E-state index >= 15 is 0 Å². The Morgan fingerprint density at radius 1 is 1.28 bits per heavy atom. The van der Waals surface area contributed by atoms with E-state index in [1.165, 1.54) is 11.8 Å². The van der Waals surface area contributed by atoms with Crippen molar-refractivity contribution in [2.45, 2.75) is 17.0 Å². The number of hydrogen-bond acceptors (Lipinski definition) is 5. The van der Waals surface area contributed by atoms with Crippen molar-refractivity contribution in [1.82, 2.24) is 9.97 Å². The average molecular weight is 257 g/mol. The Morgan fingerprint density at radius 2 is 2.17 bits per heavy atom. The third kappa shape index (κ3) is 1.93. The third-order valence-electron chi connectivity index (χ3n) is 2.62. The number of nitrogens with two attached hydrogens (primary N) is 1. The fourth-order valence-electron chi connectivity index (χ4n) is 1.74. The van der Waals surface area contributed by atoms with Gasteiger partial charge in [-0.2, -0.15) is 0 Å². The summed E-state index contributed by atoms with van der Waals surface area (Å²) in [5.41, 5.74) is 7.75. The van der Waals surface area contributed by atoms with E-state index in [0.717, 1.165) is 27.0 Å². The molecule has 0 amide bonds. The fraction of sp³-hybridized carbons (Fsp3) is 0.0769. The van der Waals surface area contributed by atoms with E-state index in [1.807, 2.05) is 25.1 Å². The Hall–Kier alpha value is -2.01. The van der Waals surface area contributed by atoms with Crippen molar-refractivity contribution < 1.29 is 4.42 Å². The van der Waals surface area contributed by atoms with Gasteiger partial charge in [0.2, 0.25) is 0 Å². The Balaban J connectivity index is 2.04. The zero-order chi connectivity index (χ0) is 12.5. The first-order valence-electron chi connectivity index (χ1n) is 5.46. The molecule has 4 nitrogen and oxygen atoms in total. The molecule has 0 unspecified atom stereocenters. The van der Waals surface area contributed by atoms with Crippen molar-refractivity contribution in [3.8, 4) is 0 Å². The molecule has 0 saturated carbocycles. The molecule has 0 aliphatic carbocycles. The second-order valence-corrected chi connectivity index (χ2v) is 4.92. The van der Waals surface area contributed by atoms with E-state index in [4.69, 9.17) is 10.2 Å². The summed E-state index contributed by atoms with van der Waals surface area (Å²) in [6, 6.07) is 5.87. The van der Waals surface area contributed by atoms with Crippen molar-refractivity contribution in [3.63, 3.8) is 0 Å². The van der Waals surface area contributed by atoms with Crippen molar-refractivity contribution in [1.29, 1.82) is 0 Å². The quantitative estimate of drug-likeness (QED) is 0.714. The monoisotopic (exact) mass is 257 g/mol. The van der Waals surface area contributed by atoms with Gasteiger partial charge in [-0.3, -0.25) is 4.98 Å². The Labute approximate surface area is 108 Å². The van der Waals surface area contributed by atoms with Crippen LogP contribution in [0.2, 0.25) is 0 Å². The largest absolute Gasteiger partial charge is 0.439 e. The molecule has 90 valence electrons. The molecule has 0 radical (unpaired) electrons. The summed E-state index contributed by atoms with van der Waals surface area (Å²) in [4.78, 5) is 9.27. The average Bonchev–Trinajstić information content (AvgIpc) is 2.79. The Bertz CT molecular complexity index is 708. The van der Waals surface area contributed by atoms with Gasteiger partial charge in [-0.15, -0.1) is 0 Å². The van der Waals surface area contributed by atoms with Crippen LogP contribution in [0.25, 0.3) is 10.8 Å². The first kappa shape index (κ1) is 11.1. The van der Waals surface area contributed by atoms with Crippen LogP contribution in [0.4, 0.5) is 5.69 Å². The van der Waals surface area contributed by atoms with Crippen molar-refractivity contribution in [2.24, 2.45) is 0 Å². The molecule has 0 fully saturated rings. The van der Waals surface area contributed by atoms with Crippen molar-refractivity contribution >= 4 is 28.2 Å². The van der Waals surface area contributed by atoms with Crippen LogP contribution < -0.4 is 5.73 Å². The summed E-state index contributed by atoms with van der Waals surface area (Å²) in [7, 11) is 0. The van der Waals surface area contributed by atoms with E-state index in [-0.39, 0.29) is 0 Å². The van der Waals surface area contributed by atoms with Gasteiger partial charge >= 0.3 is 0 Å². The lowest BCUT2D eigenvalue weighted by molar-refractivity contribution is 0.454. The summed E-state index contributed by atoms with van der Waals surface area (Å²) in [5, 5.41) is 2.63. The van der Waals surface area contributed by atoms with Gasteiger partial charge in [-0.1, -0.05) is 6.07 Å². The maximum atomic E-state index is 6.16. The van der Waals surface area contributed by atoms with Crippen molar-refractivity contribution in [2.75, 3.05) is 5.73 Å². The fourth-order valence-corrected chi connectivity index (χ4v) is 2.57. The summed E-state index contributed by atoms with van der Waals surface area (Å²) in [5.74, 6) is 0. The van der Waals surface area contributed by atoms with Gasteiger partial charge in [0.1, 0.15) is 6.26 Å². The molecule has 18 heavy (non-hydrogen) atoms. The molecular weight excluding hydrogens is 246 g/mol. The molecule has 0 aliphatic rings. The van der Waals surface area contributed by atoms with Gasteiger partial charge in [-0.05, 0) is 30.8 Å². The maximum Gasteiger partial charge on any atom is 0.260 e. The maximum absolute atomic E-state index is 6.16. The topological polar surface area (TPSA) is 64.9 Å². The number of rotatable bonds is 2. The number of fused-ring (bicyclic) bond motifs is 1. The van der Waals surface area contributed by atoms with Crippen LogP contribution >= 0.6 is 11.8 Å². The zero-order valence-corrected chi connectivity index (χ0v) is 10.6. The number of aromatic nitrogens is 2. The summed E-state index contributed by atoms with van der Waals surface area (Å²) < 4.78 is 5.32. The van der Waals surface area contributed by atoms with E-state index in [2.05, 4.69) is 9.97 Å². The van der Waals surface area contributed by atoms with Gasteiger partial charge in [-0.25, -0.2) is 4.98 Å². The summed E-state index contributed by atoms with van der Waals surface area (Å²) >= 11 is 1.43. The van der Waals surface area contributed by atoms with E-state index in [0.29, 0.717) is 5.22 Å². The molecule has 0 spiro atoms.